The van der Waals surface area contributed by atoms with E-state index in [1.165, 1.54) is 14.2 Å². The summed E-state index contributed by atoms with van der Waals surface area (Å²) in [5.74, 6) is 0.173. The molecule has 0 spiro atoms. The smallest absolute Gasteiger partial charge is 0.173 e. The Balaban J connectivity index is 2.77. The molecule has 0 amide bonds. The lowest BCUT2D eigenvalue weighted by Crippen LogP contribution is -2.11. The van der Waals surface area contributed by atoms with Crippen molar-refractivity contribution in [2.24, 2.45) is 0 Å². The second-order valence-electron chi connectivity index (χ2n) is 4.09. The minimum atomic E-state index is -0.211. The summed E-state index contributed by atoms with van der Waals surface area (Å²) in [6, 6.07) is 5.34. The molecule has 0 atom stereocenters. The predicted octanol–water partition coefficient (Wildman–Crippen LogP) is 2.18. The Morgan fingerprint density at radius 2 is 1.94 bits per heavy atom. The van der Waals surface area contributed by atoms with E-state index in [1.54, 1.807) is 12.1 Å². The average molecular weight is 250 g/mol. The monoisotopic (exact) mass is 250 g/mol. The van der Waals surface area contributed by atoms with Crippen LogP contribution in [0.2, 0.25) is 0 Å². The lowest BCUT2D eigenvalue weighted by Gasteiger charge is -2.08. The van der Waals surface area contributed by atoms with Gasteiger partial charge in [-0.05, 0) is 19.1 Å². The normalized spacial score (nSPS) is 10.2. The van der Waals surface area contributed by atoms with E-state index < -0.39 is 0 Å². The average Bonchev–Trinajstić information content (AvgIpc) is 2.36. The molecule has 0 N–H and O–H groups in total. The van der Waals surface area contributed by atoms with E-state index in [0.717, 1.165) is 5.56 Å². The third-order valence-corrected chi connectivity index (χ3v) is 2.60. The Labute approximate surface area is 107 Å². The fourth-order valence-electron chi connectivity index (χ4n) is 1.62. The number of ketones is 2. The summed E-state index contributed by atoms with van der Waals surface area (Å²) < 4.78 is 9.93. The summed E-state index contributed by atoms with van der Waals surface area (Å²) in [5, 5.41) is 0. The second kappa shape index (κ2) is 6.91. The zero-order valence-corrected chi connectivity index (χ0v) is 11.0. The lowest BCUT2D eigenvalue weighted by atomic mass is 10.0. The van der Waals surface area contributed by atoms with Crippen molar-refractivity contribution in [3.63, 3.8) is 0 Å². The van der Waals surface area contributed by atoms with Gasteiger partial charge in [-0.1, -0.05) is 11.6 Å². The molecule has 0 saturated carbocycles. The van der Waals surface area contributed by atoms with Crippen LogP contribution in [0.4, 0.5) is 0 Å². The summed E-state index contributed by atoms with van der Waals surface area (Å²) in [5.41, 5.74) is 1.42. The Morgan fingerprint density at radius 3 is 2.56 bits per heavy atom. The van der Waals surface area contributed by atoms with Gasteiger partial charge in [0.05, 0.1) is 25.7 Å². The molecule has 18 heavy (non-hydrogen) atoms. The number of hydrogen-bond donors (Lipinski definition) is 0. The maximum Gasteiger partial charge on any atom is 0.173 e. The van der Waals surface area contributed by atoms with E-state index in [4.69, 9.17) is 9.47 Å². The molecule has 0 bridgehead atoms. The molecule has 0 saturated heterocycles. The van der Waals surface area contributed by atoms with Gasteiger partial charge in [0.15, 0.2) is 5.78 Å². The molecule has 1 rings (SSSR count). The first-order valence-electron chi connectivity index (χ1n) is 5.77. The van der Waals surface area contributed by atoms with Crippen molar-refractivity contribution < 1.29 is 19.1 Å². The van der Waals surface area contributed by atoms with E-state index in [-0.39, 0.29) is 24.4 Å². The van der Waals surface area contributed by atoms with Crippen LogP contribution in [0.1, 0.15) is 28.8 Å². The van der Waals surface area contributed by atoms with Crippen molar-refractivity contribution in [3.05, 3.63) is 29.3 Å². The van der Waals surface area contributed by atoms with Crippen molar-refractivity contribution in [3.8, 4) is 5.75 Å². The van der Waals surface area contributed by atoms with Crippen LogP contribution in [0, 0.1) is 6.92 Å². The van der Waals surface area contributed by atoms with Crippen molar-refractivity contribution in [1.29, 1.82) is 0 Å². The molecule has 4 heteroatoms. The van der Waals surface area contributed by atoms with Gasteiger partial charge >= 0.3 is 0 Å². The standard InChI is InChI=1S/C14H18O4/c1-10-4-5-14(18-3)12(8-10)13(16)9-11(15)6-7-17-2/h4-5,8H,6-7,9H2,1-3H3. The molecule has 0 aliphatic carbocycles. The van der Waals surface area contributed by atoms with Crippen LogP contribution in [0.25, 0.3) is 0 Å². The van der Waals surface area contributed by atoms with Gasteiger partial charge in [-0.2, -0.15) is 0 Å². The number of rotatable bonds is 7. The largest absolute Gasteiger partial charge is 0.496 e. The molecule has 1 aromatic carbocycles. The summed E-state index contributed by atoms with van der Waals surface area (Å²) in [4.78, 5) is 23.5. The maximum absolute atomic E-state index is 12.0. The molecule has 0 radical (unpaired) electrons. The van der Waals surface area contributed by atoms with E-state index >= 15 is 0 Å². The molecular weight excluding hydrogens is 232 g/mol. The predicted molar refractivity (Wildman–Crippen MR) is 68.2 cm³/mol. The Kier molecular flexibility index (Phi) is 5.52. The number of benzene rings is 1. The van der Waals surface area contributed by atoms with E-state index in [1.807, 2.05) is 13.0 Å². The maximum atomic E-state index is 12.0. The van der Waals surface area contributed by atoms with E-state index in [0.29, 0.717) is 17.9 Å². The summed E-state index contributed by atoms with van der Waals surface area (Å²) in [7, 11) is 3.03. The quantitative estimate of drug-likeness (QED) is 0.550. The number of Topliss-reactive ketones (excluding diaryl/α,β-unsaturated/α-hetero) is 2. The highest BCUT2D eigenvalue weighted by molar-refractivity contribution is 6.09. The molecule has 0 aromatic heterocycles. The highest BCUT2D eigenvalue weighted by Crippen LogP contribution is 2.21. The van der Waals surface area contributed by atoms with E-state index in [9.17, 15) is 9.59 Å². The number of methoxy groups -OCH3 is 2. The van der Waals surface area contributed by atoms with Gasteiger partial charge in [0.2, 0.25) is 0 Å². The second-order valence-corrected chi connectivity index (χ2v) is 4.09. The third kappa shape index (κ3) is 3.96. The summed E-state index contributed by atoms with van der Waals surface area (Å²) >= 11 is 0. The highest BCUT2D eigenvalue weighted by Gasteiger charge is 2.16. The van der Waals surface area contributed by atoms with Crippen molar-refractivity contribution >= 4 is 11.6 Å². The minimum absolute atomic E-state index is 0.108. The summed E-state index contributed by atoms with van der Waals surface area (Å²) in [6.45, 7) is 2.24. The number of ether oxygens (including phenoxy) is 2. The van der Waals surface area contributed by atoms with Gasteiger partial charge in [-0.15, -0.1) is 0 Å². The molecule has 0 unspecified atom stereocenters. The van der Waals surface area contributed by atoms with Crippen LogP contribution in [0.3, 0.4) is 0 Å². The van der Waals surface area contributed by atoms with Gasteiger partial charge in [-0.25, -0.2) is 0 Å². The fourth-order valence-corrected chi connectivity index (χ4v) is 1.62. The molecule has 98 valence electrons. The van der Waals surface area contributed by atoms with Crippen molar-refractivity contribution in [2.75, 3.05) is 20.8 Å². The molecule has 0 aliphatic heterocycles. The van der Waals surface area contributed by atoms with Crippen molar-refractivity contribution in [2.45, 2.75) is 19.8 Å². The van der Waals surface area contributed by atoms with Crippen LogP contribution < -0.4 is 4.74 Å². The van der Waals surface area contributed by atoms with E-state index in [2.05, 4.69) is 0 Å². The zero-order chi connectivity index (χ0) is 13.5. The van der Waals surface area contributed by atoms with Crippen LogP contribution in [0.5, 0.6) is 5.75 Å². The number of carbonyl (C=O) groups excluding carboxylic acids is 2. The molecule has 0 heterocycles. The third-order valence-electron chi connectivity index (χ3n) is 2.60. The Morgan fingerprint density at radius 1 is 1.22 bits per heavy atom. The molecule has 4 nitrogen and oxygen atoms in total. The number of carbonyl (C=O) groups is 2. The molecular formula is C14H18O4. The number of hydrogen-bond acceptors (Lipinski definition) is 4. The number of aryl methyl sites for hydroxylation is 1. The van der Waals surface area contributed by atoms with Gasteiger partial charge in [-0.3, -0.25) is 9.59 Å². The van der Waals surface area contributed by atoms with Gasteiger partial charge in [0.1, 0.15) is 11.5 Å². The van der Waals surface area contributed by atoms with Crippen molar-refractivity contribution in [1.82, 2.24) is 0 Å². The lowest BCUT2D eigenvalue weighted by molar-refractivity contribution is -0.119. The fraction of sp³-hybridized carbons (Fsp3) is 0.429. The first-order valence-corrected chi connectivity index (χ1v) is 5.77. The first kappa shape index (κ1) is 14.4. The highest BCUT2D eigenvalue weighted by atomic mass is 16.5. The molecule has 0 fully saturated rings. The molecule has 0 aliphatic rings. The summed E-state index contributed by atoms with van der Waals surface area (Å²) in [6.07, 6.45) is 0.152. The Hall–Kier alpha value is -1.68. The Bertz CT molecular complexity index is 437. The van der Waals surface area contributed by atoms with Crippen LogP contribution in [-0.4, -0.2) is 32.4 Å². The van der Waals surface area contributed by atoms with Crippen LogP contribution >= 0.6 is 0 Å². The minimum Gasteiger partial charge on any atom is -0.496 e. The first-order chi connectivity index (χ1) is 8.58. The zero-order valence-electron chi connectivity index (χ0n) is 11.0. The topological polar surface area (TPSA) is 52.6 Å². The van der Waals surface area contributed by atoms with Gasteiger partial charge in [0, 0.05) is 13.5 Å². The molecule has 1 aromatic rings. The van der Waals surface area contributed by atoms with Crippen LogP contribution in [0.15, 0.2) is 18.2 Å². The van der Waals surface area contributed by atoms with Gasteiger partial charge in [0.25, 0.3) is 0 Å². The van der Waals surface area contributed by atoms with Gasteiger partial charge < -0.3 is 9.47 Å². The SMILES string of the molecule is COCCC(=O)CC(=O)c1cc(C)ccc1OC. The van der Waals surface area contributed by atoms with Crippen LogP contribution in [-0.2, 0) is 9.53 Å².